The zero-order chi connectivity index (χ0) is 8.55. The Morgan fingerprint density at radius 1 is 1.17 bits per heavy atom. The molecule has 0 amide bonds. The van der Waals surface area contributed by atoms with Gasteiger partial charge < -0.3 is 0 Å². The molecular formula is C10H7FN. The summed E-state index contributed by atoms with van der Waals surface area (Å²) in [5.74, 6) is -0.235. The van der Waals surface area contributed by atoms with Crippen molar-refractivity contribution >= 4 is 10.9 Å². The lowest BCUT2D eigenvalue weighted by Crippen LogP contribution is -1.83. The van der Waals surface area contributed by atoms with E-state index in [0.717, 1.165) is 10.9 Å². The third kappa shape index (κ3) is 1.16. The van der Waals surface area contributed by atoms with E-state index in [1.54, 1.807) is 12.1 Å². The highest BCUT2D eigenvalue weighted by molar-refractivity contribution is 5.78. The van der Waals surface area contributed by atoms with Crippen molar-refractivity contribution in [3.05, 3.63) is 48.8 Å². The van der Waals surface area contributed by atoms with Crippen LogP contribution >= 0.6 is 0 Å². The molecule has 12 heavy (non-hydrogen) atoms. The summed E-state index contributed by atoms with van der Waals surface area (Å²) < 4.78 is 12.7. The number of rotatable bonds is 0. The van der Waals surface area contributed by atoms with E-state index in [-0.39, 0.29) is 5.82 Å². The summed E-state index contributed by atoms with van der Waals surface area (Å²) in [7, 11) is 0. The Balaban J connectivity index is 2.79. The predicted molar refractivity (Wildman–Crippen MR) is 46.2 cm³/mol. The van der Waals surface area contributed by atoms with Gasteiger partial charge in [-0.25, -0.2) is 4.39 Å². The molecule has 1 nitrogen and oxygen atoms in total. The minimum atomic E-state index is -0.235. The van der Waals surface area contributed by atoms with Crippen LogP contribution in [0.5, 0.6) is 0 Å². The number of hydrogen-bond acceptors (Lipinski definition) is 1. The molecule has 0 saturated carbocycles. The molecular weight excluding hydrogens is 153 g/mol. The zero-order valence-corrected chi connectivity index (χ0v) is 6.42. The highest BCUT2D eigenvalue weighted by Crippen LogP contribution is 2.13. The van der Waals surface area contributed by atoms with Gasteiger partial charge in [-0.15, -0.1) is 0 Å². The Labute approximate surface area is 69.9 Å². The van der Waals surface area contributed by atoms with Gasteiger partial charge in [-0.05, 0) is 31.2 Å². The second kappa shape index (κ2) is 2.55. The summed E-state index contributed by atoms with van der Waals surface area (Å²) >= 11 is 0. The van der Waals surface area contributed by atoms with E-state index in [2.05, 4.69) is 11.9 Å². The van der Waals surface area contributed by atoms with Crippen molar-refractivity contribution in [2.24, 2.45) is 0 Å². The van der Waals surface area contributed by atoms with Crippen LogP contribution in [0.15, 0.2) is 30.3 Å². The van der Waals surface area contributed by atoms with Gasteiger partial charge in [0.25, 0.3) is 0 Å². The van der Waals surface area contributed by atoms with Crippen LogP contribution in [0.2, 0.25) is 0 Å². The molecule has 0 aliphatic heterocycles. The molecule has 1 radical (unpaired) electrons. The first-order valence-corrected chi connectivity index (χ1v) is 3.64. The van der Waals surface area contributed by atoms with E-state index >= 15 is 0 Å². The standard InChI is InChI=1S/C10H7FN/c1-7-2-3-8-6-9(11)4-5-10(8)12-7/h2-6H,1H2. The van der Waals surface area contributed by atoms with Crippen LogP contribution in [0.25, 0.3) is 10.9 Å². The highest BCUT2D eigenvalue weighted by atomic mass is 19.1. The number of pyridine rings is 1. The Bertz CT molecular complexity index is 382. The molecule has 0 spiro atoms. The number of nitrogens with zero attached hydrogens (tertiary/aromatic N) is 1. The first-order valence-electron chi connectivity index (χ1n) is 3.64. The quantitative estimate of drug-likeness (QED) is 0.577. The smallest absolute Gasteiger partial charge is 0.123 e. The van der Waals surface area contributed by atoms with Crippen LogP contribution in [0.1, 0.15) is 5.69 Å². The van der Waals surface area contributed by atoms with E-state index in [1.807, 2.05) is 6.07 Å². The molecule has 0 bridgehead atoms. The van der Waals surface area contributed by atoms with Crippen molar-refractivity contribution in [1.82, 2.24) is 4.98 Å². The molecule has 2 heteroatoms. The van der Waals surface area contributed by atoms with Gasteiger partial charge in [0.1, 0.15) is 5.82 Å². The summed E-state index contributed by atoms with van der Waals surface area (Å²) in [6, 6.07) is 8.09. The second-order valence-electron chi connectivity index (χ2n) is 2.64. The molecule has 0 N–H and O–H groups in total. The lowest BCUT2D eigenvalue weighted by atomic mass is 10.2. The lowest BCUT2D eigenvalue weighted by Gasteiger charge is -1.97. The molecule has 0 atom stereocenters. The highest BCUT2D eigenvalue weighted by Gasteiger charge is 1.96. The molecule has 1 heterocycles. The second-order valence-corrected chi connectivity index (χ2v) is 2.64. The Morgan fingerprint density at radius 3 is 2.83 bits per heavy atom. The maximum absolute atomic E-state index is 12.7. The van der Waals surface area contributed by atoms with Gasteiger partial charge in [-0.2, -0.15) is 0 Å². The number of halogens is 1. The molecule has 2 aromatic rings. The predicted octanol–water partition coefficient (Wildman–Crippen LogP) is 2.56. The third-order valence-corrected chi connectivity index (χ3v) is 1.71. The van der Waals surface area contributed by atoms with Gasteiger partial charge >= 0.3 is 0 Å². The van der Waals surface area contributed by atoms with Crippen LogP contribution in [0, 0.1) is 12.7 Å². The SMILES string of the molecule is [CH2]c1ccc2cc(F)ccc2n1. The van der Waals surface area contributed by atoms with Gasteiger partial charge in [0, 0.05) is 11.1 Å². The first-order chi connectivity index (χ1) is 5.75. The van der Waals surface area contributed by atoms with Crippen LogP contribution in [0.4, 0.5) is 4.39 Å². The van der Waals surface area contributed by atoms with E-state index in [0.29, 0.717) is 5.69 Å². The summed E-state index contributed by atoms with van der Waals surface area (Å²) in [5, 5.41) is 0.808. The molecule has 0 aliphatic rings. The Morgan fingerprint density at radius 2 is 2.00 bits per heavy atom. The number of hydrogen-bond donors (Lipinski definition) is 0. The summed E-state index contributed by atoms with van der Waals surface area (Å²) in [6.07, 6.45) is 0. The maximum Gasteiger partial charge on any atom is 0.123 e. The van der Waals surface area contributed by atoms with Gasteiger partial charge in [0.05, 0.1) is 5.52 Å². The summed E-state index contributed by atoms with van der Waals surface area (Å²) in [6.45, 7) is 3.69. The van der Waals surface area contributed by atoms with Crippen LogP contribution in [0.3, 0.4) is 0 Å². The van der Waals surface area contributed by atoms with Crippen LogP contribution in [-0.4, -0.2) is 4.98 Å². The van der Waals surface area contributed by atoms with Crippen LogP contribution in [-0.2, 0) is 0 Å². The molecule has 0 aliphatic carbocycles. The lowest BCUT2D eigenvalue weighted by molar-refractivity contribution is 0.629. The third-order valence-electron chi connectivity index (χ3n) is 1.71. The number of aromatic nitrogens is 1. The fourth-order valence-corrected chi connectivity index (χ4v) is 1.14. The largest absolute Gasteiger partial charge is 0.253 e. The average molecular weight is 160 g/mol. The Hall–Kier alpha value is -1.44. The molecule has 1 aromatic heterocycles. The molecule has 0 fully saturated rings. The van der Waals surface area contributed by atoms with Gasteiger partial charge in [-0.3, -0.25) is 4.98 Å². The summed E-state index contributed by atoms with van der Waals surface area (Å²) in [5.41, 5.74) is 1.48. The van der Waals surface area contributed by atoms with Crippen molar-refractivity contribution in [3.63, 3.8) is 0 Å². The minimum absolute atomic E-state index is 0.235. The van der Waals surface area contributed by atoms with Crippen molar-refractivity contribution < 1.29 is 4.39 Å². The first kappa shape index (κ1) is 7.22. The molecule has 0 saturated heterocycles. The van der Waals surface area contributed by atoms with Crippen molar-refractivity contribution in [2.75, 3.05) is 0 Å². The molecule has 0 unspecified atom stereocenters. The normalized spacial score (nSPS) is 10.5. The number of benzene rings is 1. The summed E-state index contributed by atoms with van der Waals surface area (Å²) in [4.78, 5) is 4.14. The van der Waals surface area contributed by atoms with E-state index in [4.69, 9.17) is 0 Å². The van der Waals surface area contributed by atoms with Gasteiger partial charge in [0.15, 0.2) is 0 Å². The molecule has 59 valence electrons. The van der Waals surface area contributed by atoms with Gasteiger partial charge in [-0.1, -0.05) is 6.07 Å². The average Bonchev–Trinajstić information content (AvgIpc) is 2.05. The molecule has 2 rings (SSSR count). The van der Waals surface area contributed by atoms with E-state index in [9.17, 15) is 4.39 Å². The topological polar surface area (TPSA) is 12.9 Å². The fourth-order valence-electron chi connectivity index (χ4n) is 1.14. The van der Waals surface area contributed by atoms with Crippen molar-refractivity contribution in [3.8, 4) is 0 Å². The van der Waals surface area contributed by atoms with E-state index < -0.39 is 0 Å². The fraction of sp³-hybridized carbons (Fsp3) is 0. The molecule has 1 aromatic carbocycles. The van der Waals surface area contributed by atoms with Crippen molar-refractivity contribution in [1.29, 1.82) is 0 Å². The Kier molecular flexibility index (Phi) is 1.54. The maximum atomic E-state index is 12.7. The minimum Gasteiger partial charge on any atom is -0.253 e. The van der Waals surface area contributed by atoms with E-state index in [1.165, 1.54) is 12.1 Å². The van der Waals surface area contributed by atoms with Gasteiger partial charge in [0.2, 0.25) is 0 Å². The zero-order valence-electron chi connectivity index (χ0n) is 6.42. The van der Waals surface area contributed by atoms with Crippen molar-refractivity contribution in [2.45, 2.75) is 0 Å². The number of fused-ring (bicyclic) bond motifs is 1. The van der Waals surface area contributed by atoms with Crippen LogP contribution < -0.4 is 0 Å². The monoisotopic (exact) mass is 160 g/mol.